The molecule has 0 saturated heterocycles. The number of hydrogen-bond donors (Lipinski definition) is 3. The molecule has 0 bridgehead atoms. The van der Waals surface area contributed by atoms with E-state index in [0.29, 0.717) is 0 Å². The second-order valence-corrected chi connectivity index (χ2v) is 2.36. The highest BCUT2D eigenvalue weighted by atomic mass is 16.4. The van der Waals surface area contributed by atoms with Crippen LogP contribution in [-0.4, -0.2) is 41.1 Å². The van der Waals surface area contributed by atoms with Crippen LogP contribution in [0.2, 0.25) is 0 Å². The van der Waals surface area contributed by atoms with Gasteiger partial charge in [0.25, 0.3) is 0 Å². The molecule has 11 heavy (non-hydrogen) atoms. The molecule has 0 aromatic rings. The molecule has 0 aliphatic heterocycles. The topological polar surface area (TPSA) is 101 Å². The van der Waals surface area contributed by atoms with Crippen molar-refractivity contribution in [2.45, 2.75) is 6.42 Å². The molecule has 0 heterocycles. The zero-order valence-electron chi connectivity index (χ0n) is 5.99. The Hall–Kier alpha value is -0.650. The van der Waals surface area contributed by atoms with Crippen molar-refractivity contribution in [1.29, 1.82) is 0 Å². The number of carbonyl (C=O) groups excluding carboxylic acids is 1. The Morgan fingerprint density at radius 3 is 1.82 bits per heavy atom. The first-order valence-corrected chi connectivity index (χ1v) is 3.17. The average Bonchev–Trinajstić information content (AvgIpc) is 2.00. The van der Waals surface area contributed by atoms with Crippen LogP contribution in [0.15, 0.2) is 0 Å². The smallest absolute Gasteiger partial charge is 0.0582 e. The number of aliphatic hydroxyl groups is 3. The van der Waals surface area contributed by atoms with Crippen LogP contribution in [0.1, 0.15) is 6.42 Å². The Morgan fingerprint density at radius 1 is 1.27 bits per heavy atom. The van der Waals surface area contributed by atoms with E-state index in [0.717, 1.165) is 0 Å². The van der Waals surface area contributed by atoms with Gasteiger partial charge in [0, 0.05) is 6.61 Å². The molecule has 0 saturated carbocycles. The molecule has 5 nitrogen and oxygen atoms in total. The van der Waals surface area contributed by atoms with Crippen molar-refractivity contribution in [3.63, 3.8) is 0 Å². The quantitative estimate of drug-likeness (QED) is 0.403. The minimum absolute atomic E-state index is 0.206. The summed E-state index contributed by atoms with van der Waals surface area (Å²) in [4.78, 5) is 10.3. The molecule has 0 aliphatic rings. The summed E-state index contributed by atoms with van der Waals surface area (Å²) in [6.45, 7) is -1.87. The van der Waals surface area contributed by atoms with Crippen LogP contribution >= 0.6 is 0 Å². The lowest BCUT2D eigenvalue weighted by molar-refractivity contribution is -0.323. The Morgan fingerprint density at radius 2 is 1.73 bits per heavy atom. The highest BCUT2D eigenvalue weighted by molar-refractivity contribution is 5.72. The number of aliphatic hydroxyl groups excluding tert-OH is 3. The van der Waals surface area contributed by atoms with Gasteiger partial charge in [-0.1, -0.05) is 0 Å². The van der Waals surface area contributed by atoms with Gasteiger partial charge in [0.15, 0.2) is 0 Å². The van der Waals surface area contributed by atoms with Gasteiger partial charge < -0.3 is 25.2 Å². The second-order valence-electron chi connectivity index (χ2n) is 2.36. The van der Waals surface area contributed by atoms with E-state index in [9.17, 15) is 9.90 Å². The van der Waals surface area contributed by atoms with E-state index in [2.05, 4.69) is 0 Å². The summed E-state index contributed by atoms with van der Waals surface area (Å²) in [5.74, 6) is -1.54. The summed E-state index contributed by atoms with van der Waals surface area (Å²) >= 11 is 0. The summed E-state index contributed by atoms with van der Waals surface area (Å²) < 4.78 is 0. The first kappa shape index (κ1) is 10.3. The number of aliphatic carboxylic acids is 1. The van der Waals surface area contributed by atoms with E-state index in [1.807, 2.05) is 0 Å². The zero-order chi connectivity index (χ0) is 8.91. The predicted octanol–water partition coefficient (Wildman–Crippen LogP) is -2.91. The molecule has 0 aromatic heterocycles. The highest BCUT2D eigenvalue weighted by Crippen LogP contribution is 2.18. The molecular weight excluding hydrogens is 152 g/mol. The molecule has 0 aliphatic carbocycles. The van der Waals surface area contributed by atoms with Crippen molar-refractivity contribution >= 4 is 5.97 Å². The molecule has 0 atom stereocenters. The van der Waals surface area contributed by atoms with Crippen LogP contribution in [0.5, 0.6) is 0 Å². The Labute approximate surface area is 63.9 Å². The van der Waals surface area contributed by atoms with Gasteiger partial charge in [0.05, 0.1) is 24.6 Å². The van der Waals surface area contributed by atoms with Crippen LogP contribution in [0.25, 0.3) is 0 Å². The first-order chi connectivity index (χ1) is 5.13. The Balaban J connectivity index is 4.32. The zero-order valence-corrected chi connectivity index (χ0v) is 5.99. The second kappa shape index (κ2) is 4.27. The van der Waals surface area contributed by atoms with Crippen LogP contribution in [0, 0.1) is 5.41 Å². The van der Waals surface area contributed by atoms with Gasteiger partial charge in [-0.15, -0.1) is 0 Å². The maximum Gasteiger partial charge on any atom is 0.0582 e. The van der Waals surface area contributed by atoms with Gasteiger partial charge in [0.1, 0.15) is 0 Å². The molecule has 0 amide bonds. The predicted molar refractivity (Wildman–Crippen MR) is 33.3 cm³/mol. The van der Waals surface area contributed by atoms with Crippen LogP contribution < -0.4 is 5.11 Å². The molecule has 0 unspecified atom stereocenters. The van der Waals surface area contributed by atoms with Gasteiger partial charge in [-0.05, 0) is 6.42 Å². The summed E-state index contributed by atoms with van der Waals surface area (Å²) in [5, 5.41) is 35.9. The number of carbonyl (C=O) groups is 1. The third-order valence-electron chi connectivity index (χ3n) is 1.63. The van der Waals surface area contributed by atoms with Crippen LogP contribution in [0.3, 0.4) is 0 Å². The van der Waals surface area contributed by atoms with Crippen LogP contribution in [0.4, 0.5) is 0 Å². The summed E-state index contributed by atoms with van der Waals surface area (Å²) in [6, 6.07) is 0. The van der Waals surface area contributed by atoms with Gasteiger partial charge in [-0.25, -0.2) is 0 Å². The highest BCUT2D eigenvalue weighted by Gasteiger charge is 2.29. The van der Waals surface area contributed by atoms with Crippen molar-refractivity contribution in [1.82, 2.24) is 0 Å². The average molecular weight is 163 g/mol. The summed E-state index contributed by atoms with van der Waals surface area (Å²) in [6.07, 6.45) is -0.206. The minimum atomic E-state index is -1.70. The fourth-order valence-corrected chi connectivity index (χ4v) is 0.653. The maximum absolute atomic E-state index is 10.3. The molecule has 0 aromatic carbocycles. The fourth-order valence-electron chi connectivity index (χ4n) is 0.653. The van der Waals surface area contributed by atoms with Crippen molar-refractivity contribution < 1.29 is 25.2 Å². The van der Waals surface area contributed by atoms with Crippen LogP contribution in [-0.2, 0) is 4.79 Å². The SMILES string of the molecule is O=C([O-])C(CO)(CO)CCO. The minimum Gasteiger partial charge on any atom is -0.549 e. The van der Waals surface area contributed by atoms with Gasteiger partial charge in [-0.3, -0.25) is 0 Å². The van der Waals surface area contributed by atoms with E-state index >= 15 is 0 Å². The van der Waals surface area contributed by atoms with Gasteiger partial charge in [-0.2, -0.15) is 0 Å². The summed E-state index contributed by atoms with van der Waals surface area (Å²) in [5.41, 5.74) is -1.70. The molecule has 3 N–H and O–H groups in total. The van der Waals surface area contributed by atoms with E-state index in [1.165, 1.54) is 0 Å². The van der Waals surface area contributed by atoms with Gasteiger partial charge >= 0.3 is 0 Å². The molecule has 66 valence electrons. The maximum atomic E-state index is 10.3. The van der Waals surface area contributed by atoms with Crippen molar-refractivity contribution in [2.24, 2.45) is 5.41 Å². The van der Waals surface area contributed by atoms with E-state index in [1.54, 1.807) is 0 Å². The number of rotatable bonds is 5. The fraction of sp³-hybridized carbons (Fsp3) is 0.833. The number of hydrogen-bond acceptors (Lipinski definition) is 5. The van der Waals surface area contributed by atoms with E-state index in [-0.39, 0.29) is 6.42 Å². The number of carboxylic acids is 1. The van der Waals surface area contributed by atoms with Crippen molar-refractivity contribution in [2.75, 3.05) is 19.8 Å². The molecule has 0 radical (unpaired) electrons. The Bertz CT molecular complexity index is 129. The number of carboxylic acid groups (broad SMARTS) is 1. The standard InChI is InChI=1S/C6H12O5/c7-2-1-6(3-8,4-9)5(10)11/h7-9H,1-4H2,(H,10,11)/p-1. The summed E-state index contributed by atoms with van der Waals surface area (Å²) in [7, 11) is 0. The lowest BCUT2D eigenvalue weighted by Crippen LogP contribution is -2.48. The van der Waals surface area contributed by atoms with E-state index in [4.69, 9.17) is 15.3 Å². The Kier molecular flexibility index (Phi) is 4.02. The largest absolute Gasteiger partial charge is 0.549 e. The lowest BCUT2D eigenvalue weighted by atomic mass is 9.87. The normalized spacial score (nSPS) is 11.5. The van der Waals surface area contributed by atoms with Crippen molar-refractivity contribution in [3.8, 4) is 0 Å². The third kappa shape index (κ3) is 2.14. The molecule has 0 rings (SSSR count). The molecular formula is C6H11O5-. The molecule has 0 fully saturated rings. The van der Waals surface area contributed by atoms with E-state index < -0.39 is 31.2 Å². The molecule has 5 heteroatoms. The monoisotopic (exact) mass is 163 g/mol. The third-order valence-corrected chi connectivity index (χ3v) is 1.63. The molecule has 0 spiro atoms. The first-order valence-electron chi connectivity index (χ1n) is 3.17. The van der Waals surface area contributed by atoms with Gasteiger partial charge in [0.2, 0.25) is 0 Å². The lowest BCUT2D eigenvalue weighted by Gasteiger charge is -2.29. The van der Waals surface area contributed by atoms with Crippen molar-refractivity contribution in [3.05, 3.63) is 0 Å².